The molecule has 22 heavy (non-hydrogen) atoms. The van der Waals surface area contributed by atoms with Crippen LogP contribution in [0.2, 0.25) is 0 Å². The molecule has 0 aromatic rings. The number of hydrogen-bond acceptors (Lipinski definition) is 3. The third-order valence-electron chi connectivity index (χ3n) is 4.41. The minimum absolute atomic E-state index is 0.0660. The van der Waals surface area contributed by atoms with Gasteiger partial charge in [-0.1, -0.05) is 41.5 Å². The molecule has 0 N–H and O–H groups in total. The van der Waals surface area contributed by atoms with Crippen LogP contribution in [0.25, 0.3) is 0 Å². The Morgan fingerprint density at radius 3 is 1.77 bits per heavy atom. The molecule has 1 unspecified atom stereocenters. The Labute approximate surface area is 138 Å². The lowest BCUT2D eigenvalue weighted by atomic mass is 9.61. The fourth-order valence-electron chi connectivity index (χ4n) is 2.58. The lowest BCUT2D eigenvalue weighted by molar-refractivity contribution is -0.179. The number of esters is 1. The lowest BCUT2D eigenvalue weighted by Crippen LogP contribution is -2.47. The van der Waals surface area contributed by atoms with Crippen LogP contribution in [-0.4, -0.2) is 24.8 Å². The first kappa shape index (κ1) is 21.4. The topological polar surface area (TPSA) is 35.5 Å². The van der Waals surface area contributed by atoms with Crippen LogP contribution in [0.5, 0.6) is 0 Å². The summed E-state index contributed by atoms with van der Waals surface area (Å²) in [7, 11) is 0. The molecule has 0 rings (SSSR count). The molecule has 3 heteroatoms. The van der Waals surface area contributed by atoms with Crippen molar-refractivity contribution < 1.29 is 14.3 Å². The van der Waals surface area contributed by atoms with E-state index in [1.54, 1.807) is 0 Å². The predicted molar refractivity (Wildman–Crippen MR) is 92.9 cm³/mol. The van der Waals surface area contributed by atoms with Crippen LogP contribution >= 0.6 is 0 Å². The van der Waals surface area contributed by atoms with Crippen molar-refractivity contribution in [2.75, 3.05) is 13.2 Å². The Hall–Kier alpha value is -0.570. The smallest absolute Gasteiger partial charge is 0.312 e. The Kier molecular flexibility index (Phi) is 7.14. The number of ether oxygens (including phenoxy) is 2. The summed E-state index contributed by atoms with van der Waals surface area (Å²) in [5.41, 5.74) is -1.12. The molecule has 0 spiro atoms. The Bertz CT molecular complexity index is 358. The second kappa shape index (κ2) is 7.33. The molecule has 0 saturated carbocycles. The summed E-state index contributed by atoms with van der Waals surface area (Å²) in [5, 5.41) is 0. The van der Waals surface area contributed by atoms with Crippen LogP contribution in [-0.2, 0) is 14.3 Å². The van der Waals surface area contributed by atoms with E-state index in [0.717, 1.165) is 6.42 Å². The van der Waals surface area contributed by atoms with Gasteiger partial charge >= 0.3 is 5.97 Å². The molecule has 0 aromatic heterocycles. The van der Waals surface area contributed by atoms with E-state index < -0.39 is 11.0 Å². The van der Waals surface area contributed by atoms with E-state index in [9.17, 15) is 4.79 Å². The molecule has 132 valence electrons. The van der Waals surface area contributed by atoms with E-state index in [2.05, 4.69) is 41.5 Å². The average molecular weight is 315 g/mol. The summed E-state index contributed by atoms with van der Waals surface area (Å²) in [5.74, 6) is -0.101. The first-order chi connectivity index (χ1) is 9.65. The first-order valence-electron chi connectivity index (χ1n) is 8.46. The van der Waals surface area contributed by atoms with Gasteiger partial charge in [0.2, 0.25) is 0 Å². The van der Waals surface area contributed by atoms with Crippen LogP contribution in [0.3, 0.4) is 0 Å². The molecule has 0 aromatic carbocycles. The number of hydrogen-bond donors (Lipinski definition) is 0. The highest BCUT2D eigenvalue weighted by Crippen LogP contribution is 2.48. The summed E-state index contributed by atoms with van der Waals surface area (Å²) < 4.78 is 11.3. The van der Waals surface area contributed by atoms with Crippen LogP contribution in [0, 0.1) is 16.2 Å². The third-order valence-corrected chi connectivity index (χ3v) is 4.41. The molecule has 0 bridgehead atoms. The van der Waals surface area contributed by atoms with Gasteiger partial charge in [0, 0.05) is 13.0 Å². The standard InChI is InChI=1S/C19H38O3/c1-11-21-13-12-18(8,9)22-15(20)19(10,17(5,6)7)14-16(2,3)4/h11-14H2,1-10H3. The van der Waals surface area contributed by atoms with E-state index in [4.69, 9.17) is 9.47 Å². The second-order valence-corrected chi connectivity index (χ2v) is 9.42. The van der Waals surface area contributed by atoms with Crippen molar-refractivity contribution in [1.29, 1.82) is 0 Å². The van der Waals surface area contributed by atoms with Crippen LogP contribution in [0.4, 0.5) is 0 Å². The van der Waals surface area contributed by atoms with Crippen LogP contribution in [0.1, 0.15) is 82.1 Å². The van der Waals surface area contributed by atoms with Crippen molar-refractivity contribution in [2.45, 2.75) is 87.7 Å². The van der Waals surface area contributed by atoms with Crippen molar-refractivity contribution in [3.63, 3.8) is 0 Å². The number of carbonyl (C=O) groups is 1. The zero-order valence-electron chi connectivity index (χ0n) is 16.6. The van der Waals surface area contributed by atoms with E-state index >= 15 is 0 Å². The fraction of sp³-hybridized carbons (Fsp3) is 0.947. The van der Waals surface area contributed by atoms with Gasteiger partial charge in [0.1, 0.15) is 5.60 Å². The maximum absolute atomic E-state index is 13.0. The molecule has 0 radical (unpaired) electrons. The highest BCUT2D eigenvalue weighted by molar-refractivity contribution is 5.78. The highest BCUT2D eigenvalue weighted by Gasteiger charge is 2.48. The summed E-state index contributed by atoms with van der Waals surface area (Å²) >= 11 is 0. The van der Waals surface area contributed by atoms with Crippen molar-refractivity contribution in [3.05, 3.63) is 0 Å². The van der Waals surface area contributed by atoms with E-state index in [0.29, 0.717) is 19.6 Å². The van der Waals surface area contributed by atoms with Gasteiger partial charge in [0.25, 0.3) is 0 Å². The van der Waals surface area contributed by atoms with Gasteiger partial charge in [-0.15, -0.1) is 0 Å². The van der Waals surface area contributed by atoms with Crippen molar-refractivity contribution in [3.8, 4) is 0 Å². The molecular weight excluding hydrogens is 276 g/mol. The predicted octanol–water partition coefficient (Wildman–Crippen LogP) is 5.22. The van der Waals surface area contributed by atoms with Gasteiger partial charge in [0.05, 0.1) is 12.0 Å². The summed E-state index contributed by atoms with van der Waals surface area (Å²) in [6.45, 7) is 22.1. The summed E-state index contributed by atoms with van der Waals surface area (Å²) in [6.07, 6.45) is 1.51. The van der Waals surface area contributed by atoms with Crippen LogP contribution in [0.15, 0.2) is 0 Å². The number of carbonyl (C=O) groups excluding carboxylic acids is 1. The minimum atomic E-state index is -0.520. The Balaban J connectivity index is 5.15. The number of rotatable bonds is 7. The second-order valence-electron chi connectivity index (χ2n) is 9.42. The van der Waals surface area contributed by atoms with Gasteiger partial charge in [-0.2, -0.15) is 0 Å². The zero-order chi connectivity index (χ0) is 17.8. The highest BCUT2D eigenvalue weighted by atomic mass is 16.6. The molecule has 0 aliphatic carbocycles. The SMILES string of the molecule is CCOCCC(C)(C)OC(=O)C(C)(CC(C)(C)C)C(C)(C)C. The monoisotopic (exact) mass is 314 g/mol. The van der Waals surface area contributed by atoms with Crippen molar-refractivity contribution in [1.82, 2.24) is 0 Å². The van der Waals surface area contributed by atoms with Crippen LogP contribution < -0.4 is 0 Å². The first-order valence-corrected chi connectivity index (χ1v) is 8.46. The molecule has 1 atom stereocenters. The maximum atomic E-state index is 13.0. The molecule has 3 nitrogen and oxygen atoms in total. The van der Waals surface area contributed by atoms with Gasteiger partial charge in [-0.05, 0) is 44.9 Å². The van der Waals surface area contributed by atoms with Gasteiger partial charge in [-0.3, -0.25) is 4.79 Å². The van der Waals surface area contributed by atoms with Gasteiger partial charge < -0.3 is 9.47 Å². The van der Waals surface area contributed by atoms with Gasteiger partial charge in [-0.25, -0.2) is 0 Å². The van der Waals surface area contributed by atoms with E-state index in [1.165, 1.54) is 0 Å². The molecular formula is C19H38O3. The average Bonchev–Trinajstić information content (AvgIpc) is 2.24. The Morgan fingerprint density at radius 2 is 1.41 bits per heavy atom. The van der Waals surface area contributed by atoms with Crippen molar-refractivity contribution in [2.24, 2.45) is 16.2 Å². The molecule has 0 saturated heterocycles. The third kappa shape index (κ3) is 6.68. The molecule has 0 aliphatic rings. The maximum Gasteiger partial charge on any atom is 0.312 e. The largest absolute Gasteiger partial charge is 0.459 e. The van der Waals surface area contributed by atoms with E-state index in [-0.39, 0.29) is 16.8 Å². The fourth-order valence-corrected chi connectivity index (χ4v) is 2.58. The molecule has 0 fully saturated rings. The summed E-state index contributed by atoms with van der Waals surface area (Å²) in [4.78, 5) is 13.0. The minimum Gasteiger partial charge on any atom is -0.459 e. The lowest BCUT2D eigenvalue weighted by Gasteiger charge is -2.45. The molecule has 0 heterocycles. The normalized spacial score (nSPS) is 16.3. The molecule has 0 aliphatic heterocycles. The van der Waals surface area contributed by atoms with Crippen molar-refractivity contribution >= 4 is 5.97 Å². The van der Waals surface area contributed by atoms with E-state index in [1.807, 2.05) is 27.7 Å². The summed E-state index contributed by atoms with van der Waals surface area (Å²) in [6, 6.07) is 0. The quantitative estimate of drug-likeness (QED) is 0.477. The molecule has 0 amide bonds. The van der Waals surface area contributed by atoms with Gasteiger partial charge in [0.15, 0.2) is 0 Å². The zero-order valence-corrected chi connectivity index (χ0v) is 16.6. The Morgan fingerprint density at radius 1 is 0.909 bits per heavy atom.